The van der Waals surface area contributed by atoms with Crippen LogP contribution in [-0.2, 0) is 13.7 Å². The van der Waals surface area contributed by atoms with Crippen molar-refractivity contribution in [3.63, 3.8) is 0 Å². The van der Waals surface area contributed by atoms with Crippen LogP contribution >= 0.6 is 15.0 Å². The summed E-state index contributed by atoms with van der Waals surface area (Å²) in [5.41, 5.74) is 4.88. The molecular weight excluding hydrogens is 180 g/mol. The van der Waals surface area contributed by atoms with E-state index in [4.69, 9.17) is 10.6 Å². The molecule has 0 heterocycles. The van der Waals surface area contributed by atoms with Crippen LogP contribution in [0.5, 0.6) is 0 Å². The predicted octanol–water partition coefficient (Wildman–Crippen LogP) is -0.835. The van der Waals surface area contributed by atoms with Crippen LogP contribution in [0.25, 0.3) is 0 Å². The summed E-state index contributed by atoms with van der Waals surface area (Å²) in [5, 5.41) is 0. The van der Waals surface area contributed by atoms with E-state index < -0.39 is 15.0 Å². The number of rotatable bonds is 4. The van der Waals surface area contributed by atoms with Crippen LogP contribution in [0.1, 0.15) is 0 Å². The second-order valence-corrected chi connectivity index (χ2v) is 5.56. The summed E-state index contributed by atoms with van der Waals surface area (Å²) in [5.74, 6) is 0. The fraction of sp³-hybridized carbons (Fsp3) is 1.00. The van der Waals surface area contributed by atoms with E-state index >= 15 is 0 Å². The van der Waals surface area contributed by atoms with Crippen LogP contribution in [0.15, 0.2) is 0 Å². The van der Waals surface area contributed by atoms with Gasteiger partial charge in [0.15, 0.2) is 0 Å². The second-order valence-electron chi connectivity index (χ2n) is 1.35. The Morgan fingerprint density at radius 3 is 2.60 bits per heavy atom. The second kappa shape index (κ2) is 4.13. The summed E-state index contributed by atoms with van der Waals surface area (Å²) in [4.78, 5) is 18.3. The molecule has 0 saturated heterocycles. The van der Waals surface area contributed by atoms with Crippen LogP contribution in [0, 0.1) is 0 Å². The molecule has 0 bridgehead atoms. The quantitative estimate of drug-likeness (QED) is 0.555. The summed E-state index contributed by atoms with van der Waals surface area (Å²) < 4.78 is 24.3. The van der Waals surface area contributed by atoms with Crippen molar-refractivity contribution in [2.24, 2.45) is 5.73 Å². The van der Waals surface area contributed by atoms with Crippen LogP contribution in [0.4, 0.5) is 0 Å². The highest BCUT2D eigenvalue weighted by Crippen LogP contribution is 2.61. The molecule has 0 spiro atoms. The fourth-order valence-corrected chi connectivity index (χ4v) is 1.18. The topological polar surface area (TPSA) is 113 Å². The summed E-state index contributed by atoms with van der Waals surface area (Å²) in [6.45, 7) is -0.231. The Morgan fingerprint density at radius 2 is 2.30 bits per heavy atom. The minimum absolute atomic E-state index is 0.00766. The number of hydrogen-bond acceptors (Lipinski definition) is 5. The van der Waals surface area contributed by atoms with Gasteiger partial charge in [-0.2, -0.15) is 0 Å². The lowest BCUT2D eigenvalue weighted by Crippen LogP contribution is -2.07. The van der Waals surface area contributed by atoms with E-state index in [1.54, 1.807) is 0 Å². The summed E-state index contributed by atoms with van der Waals surface area (Å²) in [6.07, 6.45) is 0. The van der Waals surface area contributed by atoms with Gasteiger partial charge in [-0.25, -0.2) is 4.57 Å². The molecule has 10 heavy (non-hydrogen) atoms. The highest BCUT2D eigenvalue weighted by molar-refractivity contribution is 8.19. The maximum atomic E-state index is 10.4. The maximum absolute atomic E-state index is 10.4. The highest BCUT2D eigenvalue weighted by atomic mass is 32.1. The Labute approximate surface area is 58.3 Å². The largest absolute Gasteiger partial charge is 0.587 e. The molecule has 0 aromatic rings. The first kappa shape index (κ1) is 10.2. The van der Waals surface area contributed by atoms with E-state index in [9.17, 15) is 14.0 Å². The van der Waals surface area contributed by atoms with E-state index in [1.165, 1.54) is 0 Å². The van der Waals surface area contributed by atoms with Crippen molar-refractivity contribution in [2.45, 2.75) is 0 Å². The molecule has 3 N–H and O–H groups in total. The predicted molar refractivity (Wildman–Crippen MR) is 32.4 cm³/mol. The Hall–Kier alpha value is 0.170. The van der Waals surface area contributed by atoms with Gasteiger partial charge >= 0.3 is 15.0 Å². The van der Waals surface area contributed by atoms with Crippen molar-refractivity contribution in [2.75, 3.05) is 13.2 Å². The highest BCUT2D eigenvalue weighted by Gasteiger charge is 2.35. The first-order valence-electron chi connectivity index (χ1n) is 2.33. The molecule has 2 atom stereocenters. The Balaban J connectivity index is 3.89. The average molecular weight is 187 g/mol. The Morgan fingerprint density at radius 1 is 1.80 bits per heavy atom. The van der Waals surface area contributed by atoms with Crippen molar-refractivity contribution in [1.29, 1.82) is 0 Å². The van der Waals surface area contributed by atoms with Crippen molar-refractivity contribution in [1.82, 2.24) is 0 Å². The van der Waals surface area contributed by atoms with Gasteiger partial charge in [0.2, 0.25) is 0 Å². The average Bonchev–Trinajstić information content (AvgIpc) is 1.84. The summed E-state index contributed by atoms with van der Waals surface area (Å²) >= 11 is 0. The first-order valence-corrected chi connectivity index (χ1v) is 5.79. The summed E-state index contributed by atoms with van der Waals surface area (Å²) in [6, 6.07) is 0. The van der Waals surface area contributed by atoms with Crippen molar-refractivity contribution < 1.29 is 23.4 Å². The lowest BCUT2D eigenvalue weighted by Gasteiger charge is -2.00. The lowest BCUT2D eigenvalue weighted by molar-refractivity contribution is -0.160. The van der Waals surface area contributed by atoms with E-state index in [0.29, 0.717) is 0 Å². The van der Waals surface area contributed by atoms with Gasteiger partial charge in [-0.05, 0) is 0 Å². The van der Waals surface area contributed by atoms with Crippen LogP contribution in [-0.4, -0.2) is 18.0 Å². The van der Waals surface area contributed by atoms with Crippen LogP contribution < -0.4 is 10.6 Å². The number of hydrogen-bond donors (Lipinski definition) is 2. The molecule has 6 nitrogen and oxygen atoms in total. The van der Waals surface area contributed by atoms with Crippen molar-refractivity contribution in [3.8, 4) is 0 Å². The van der Waals surface area contributed by atoms with E-state index in [-0.39, 0.29) is 13.2 Å². The maximum Gasteiger partial charge on any atom is 0.564 e. The zero-order chi connectivity index (χ0) is 8.20. The van der Waals surface area contributed by atoms with Gasteiger partial charge in [-0.1, -0.05) is 4.57 Å². The smallest absolute Gasteiger partial charge is 0.564 e. The molecule has 2 unspecified atom stereocenters. The first-order chi connectivity index (χ1) is 4.50. The zero-order valence-corrected chi connectivity index (χ0v) is 6.76. The Bertz CT molecular complexity index is 169. The lowest BCUT2D eigenvalue weighted by atomic mass is 10.8. The molecule has 0 aliphatic carbocycles. The molecule has 0 saturated carbocycles. The third-order valence-electron chi connectivity index (χ3n) is 0.584. The third kappa shape index (κ3) is 3.37. The SMILES string of the molecule is NCCOP(=O)(O)[P+](=O)[O-]. The van der Waals surface area contributed by atoms with Gasteiger partial charge in [0.25, 0.3) is 0 Å². The monoisotopic (exact) mass is 187 g/mol. The minimum Gasteiger partial charge on any atom is -0.587 e. The van der Waals surface area contributed by atoms with E-state index in [1.807, 2.05) is 0 Å². The van der Waals surface area contributed by atoms with E-state index in [2.05, 4.69) is 4.52 Å². The standard InChI is InChI=1S/C2H7NO5P2/c3-1-2-8-10(6,7)9(4)5/h1-3H2,(H,6,7). The van der Waals surface area contributed by atoms with Gasteiger partial charge in [0, 0.05) is 6.54 Å². The molecule has 60 valence electrons. The number of nitrogens with two attached hydrogens (primary N) is 1. The van der Waals surface area contributed by atoms with Gasteiger partial charge in [-0.3, -0.25) is 9.42 Å². The fourth-order valence-electron chi connectivity index (χ4n) is 0.219. The van der Waals surface area contributed by atoms with Gasteiger partial charge in [-0.15, -0.1) is 0 Å². The zero-order valence-electron chi connectivity index (χ0n) is 4.97. The third-order valence-corrected chi connectivity index (χ3v) is 3.10. The van der Waals surface area contributed by atoms with Crippen molar-refractivity contribution >= 4 is 15.0 Å². The van der Waals surface area contributed by atoms with E-state index in [0.717, 1.165) is 0 Å². The van der Waals surface area contributed by atoms with Crippen molar-refractivity contribution in [3.05, 3.63) is 0 Å². The molecule has 0 aliphatic rings. The Kier molecular flexibility index (Phi) is 4.20. The van der Waals surface area contributed by atoms with Gasteiger partial charge in [0.05, 0.1) is 6.61 Å². The molecule has 0 radical (unpaired) electrons. The molecule has 0 rings (SSSR count). The normalized spacial score (nSPS) is 18.1. The molecule has 0 aliphatic heterocycles. The van der Waals surface area contributed by atoms with Gasteiger partial charge in [0.1, 0.15) is 0 Å². The molecule has 8 heteroatoms. The summed E-state index contributed by atoms with van der Waals surface area (Å²) in [7, 11) is -7.83. The minimum atomic E-state index is -4.41. The molecular formula is C2H7NO5P2. The van der Waals surface area contributed by atoms with Crippen LogP contribution in [0.3, 0.4) is 0 Å². The molecule has 0 aromatic carbocycles. The molecule has 0 fully saturated rings. The van der Waals surface area contributed by atoms with Crippen LogP contribution in [0.2, 0.25) is 0 Å². The van der Waals surface area contributed by atoms with Gasteiger partial charge < -0.3 is 10.6 Å². The molecule has 0 amide bonds. The molecule has 0 aromatic heterocycles.